The fraction of sp³-hybridized carbons (Fsp3) is 0.0968. The van der Waals surface area contributed by atoms with Crippen LogP contribution < -0.4 is 4.57 Å². The summed E-state index contributed by atoms with van der Waals surface area (Å²) in [7, 11) is 1.42. The predicted octanol–water partition coefficient (Wildman–Crippen LogP) is 7.53. The van der Waals surface area contributed by atoms with Crippen LogP contribution in [0, 0.1) is 30.9 Å². The predicted molar refractivity (Wildman–Crippen MR) is 137 cm³/mol. The standard InChI is InChI=1S/C31H22FN2O/c1-18-8-12-25-29-23(16-33)11-13-24(22-10-9-20-6-4-5-7-21(20)15-22)30(29)35-31(25)28(18)27-14-19(2)26(32)17-34(27)3/h4-15,17H,1-3H3/q+1/i2D3,14D,17D. The summed E-state index contributed by atoms with van der Waals surface area (Å²) in [5.41, 5.74) is 3.08. The Morgan fingerprint density at radius 1 is 1.00 bits per heavy atom. The third kappa shape index (κ3) is 3.20. The van der Waals surface area contributed by atoms with E-state index >= 15 is 0 Å². The minimum atomic E-state index is -2.94. The third-order valence-corrected chi connectivity index (χ3v) is 6.48. The van der Waals surface area contributed by atoms with Crippen molar-refractivity contribution in [3.8, 4) is 28.5 Å². The fourth-order valence-electron chi connectivity index (χ4n) is 4.76. The first-order chi connectivity index (χ1) is 19.0. The SMILES string of the molecule is [2H]c1c(C([2H])([2H])[2H])c(F)c([2H])[n+](C)c1-c1c(C)ccc2c1oc1c(-c3ccc4ccccc4c3)ccc(C#N)c12. The molecule has 0 aliphatic heterocycles. The molecule has 0 N–H and O–H groups in total. The van der Waals surface area contributed by atoms with Gasteiger partial charge in [0, 0.05) is 26.5 Å². The van der Waals surface area contributed by atoms with Gasteiger partial charge in [-0.25, -0.2) is 4.39 Å². The third-order valence-electron chi connectivity index (χ3n) is 6.48. The van der Waals surface area contributed by atoms with Gasteiger partial charge in [0.1, 0.15) is 19.6 Å². The van der Waals surface area contributed by atoms with Crippen LogP contribution in [0.4, 0.5) is 4.39 Å². The Hall–Kier alpha value is -4.49. The molecule has 0 spiro atoms. The molecule has 6 rings (SSSR count). The smallest absolute Gasteiger partial charge is 0.216 e. The number of nitrogens with zero attached hydrogens (tertiary/aromatic N) is 2. The average molecular weight is 463 g/mol. The van der Waals surface area contributed by atoms with Crippen LogP contribution >= 0.6 is 0 Å². The van der Waals surface area contributed by atoms with Crippen LogP contribution in [-0.2, 0) is 7.05 Å². The summed E-state index contributed by atoms with van der Waals surface area (Å²) >= 11 is 0. The molecule has 6 aromatic rings. The van der Waals surface area contributed by atoms with E-state index < -0.39 is 30.4 Å². The number of nitriles is 1. The normalized spacial score (nSPS) is 13.8. The first kappa shape index (κ1) is 16.2. The van der Waals surface area contributed by atoms with Crippen molar-refractivity contribution in [3.05, 3.63) is 101 Å². The number of hydrogen-bond donors (Lipinski definition) is 0. The van der Waals surface area contributed by atoms with Crippen LogP contribution in [0.1, 0.15) is 23.5 Å². The maximum absolute atomic E-state index is 15.0. The van der Waals surface area contributed by atoms with Gasteiger partial charge in [-0.15, -0.1) is 0 Å². The zero-order valence-corrected chi connectivity index (χ0v) is 19.0. The number of halogens is 1. The first-order valence-electron chi connectivity index (χ1n) is 13.6. The van der Waals surface area contributed by atoms with Gasteiger partial charge in [0.2, 0.25) is 11.9 Å². The number of fused-ring (bicyclic) bond motifs is 4. The second-order valence-electron chi connectivity index (χ2n) is 8.61. The number of aromatic nitrogens is 1. The van der Waals surface area contributed by atoms with Crippen molar-refractivity contribution in [2.45, 2.75) is 13.8 Å². The molecule has 4 heteroatoms. The Morgan fingerprint density at radius 3 is 2.63 bits per heavy atom. The lowest BCUT2D eigenvalue weighted by atomic mass is 9.95. The number of benzene rings is 4. The molecular weight excluding hydrogens is 435 g/mol. The van der Waals surface area contributed by atoms with Crippen LogP contribution in [0.3, 0.4) is 0 Å². The van der Waals surface area contributed by atoms with Gasteiger partial charge in [0.25, 0.3) is 0 Å². The van der Waals surface area contributed by atoms with Crippen molar-refractivity contribution in [1.29, 1.82) is 5.26 Å². The number of hydrogen-bond acceptors (Lipinski definition) is 2. The van der Waals surface area contributed by atoms with E-state index in [4.69, 9.17) is 11.3 Å². The fourth-order valence-corrected chi connectivity index (χ4v) is 4.76. The molecule has 168 valence electrons. The highest BCUT2D eigenvalue weighted by molar-refractivity contribution is 6.15. The van der Waals surface area contributed by atoms with Crippen LogP contribution in [0.15, 0.2) is 83.4 Å². The van der Waals surface area contributed by atoms with Crippen molar-refractivity contribution < 1.29 is 20.2 Å². The van der Waals surface area contributed by atoms with Crippen molar-refractivity contribution in [1.82, 2.24) is 0 Å². The molecular formula is C31H22FN2O+. The molecule has 35 heavy (non-hydrogen) atoms. The molecule has 0 aliphatic rings. The Morgan fingerprint density at radius 2 is 1.83 bits per heavy atom. The minimum absolute atomic E-state index is 0.0467. The monoisotopic (exact) mass is 462 g/mol. The molecule has 0 aliphatic carbocycles. The summed E-state index contributed by atoms with van der Waals surface area (Å²) < 4.78 is 63.3. The Balaban J connectivity index is 1.74. The van der Waals surface area contributed by atoms with E-state index in [9.17, 15) is 9.65 Å². The zero-order valence-electron chi connectivity index (χ0n) is 24.0. The van der Waals surface area contributed by atoms with Crippen molar-refractivity contribution in [2.75, 3.05) is 0 Å². The van der Waals surface area contributed by atoms with Crippen molar-refractivity contribution in [2.24, 2.45) is 7.05 Å². The van der Waals surface area contributed by atoms with Crippen LogP contribution in [-0.4, -0.2) is 0 Å². The van der Waals surface area contributed by atoms with Gasteiger partial charge >= 0.3 is 0 Å². The maximum Gasteiger partial charge on any atom is 0.216 e. The Bertz CT molecular complexity index is 2070. The Kier molecular flexibility index (Phi) is 3.60. The lowest BCUT2D eigenvalue weighted by Gasteiger charge is -2.07. The first-order valence-corrected chi connectivity index (χ1v) is 11.1. The molecule has 0 unspecified atom stereocenters. The van der Waals surface area contributed by atoms with E-state index in [2.05, 4.69) is 6.07 Å². The molecule has 3 nitrogen and oxygen atoms in total. The largest absolute Gasteiger partial charge is 0.454 e. The molecule has 0 atom stereocenters. The molecule has 0 bridgehead atoms. The minimum Gasteiger partial charge on any atom is -0.454 e. The van der Waals surface area contributed by atoms with E-state index in [0.717, 1.165) is 26.5 Å². The molecule has 4 aromatic carbocycles. The summed E-state index contributed by atoms with van der Waals surface area (Å²) in [6, 6.07) is 22.9. The number of pyridine rings is 1. The lowest BCUT2D eigenvalue weighted by molar-refractivity contribution is -0.662. The number of rotatable bonds is 2. The highest BCUT2D eigenvalue weighted by Gasteiger charge is 2.24. The van der Waals surface area contributed by atoms with E-state index in [1.54, 1.807) is 19.1 Å². The van der Waals surface area contributed by atoms with Gasteiger partial charge in [-0.2, -0.15) is 9.83 Å². The molecule has 0 saturated heterocycles. The van der Waals surface area contributed by atoms with Crippen molar-refractivity contribution >= 4 is 32.7 Å². The maximum atomic E-state index is 15.0. The van der Waals surface area contributed by atoms with Crippen LogP contribution in [0.25, 0.3) is 55.1 Å². The number of aryl methyl sites for hydroxylation is 1. The molecule has 2 aromatic heterocycles. The summed E-state index contributed by atoms with van der Waals surface area (Å²) in [5, 5.41) is 13.3. The summed E-state index contributed by atoms with van der Waals surface area (Å²) in [6.07, 6.45) is -0.654. The quantitative estimate of drug-likeness (QED) is 0.250. The van der Waals surface area contributed by atoms with Gasteiger partial charge in [-0.1, -0.05) is 48.5 Å². The van der Waals surface area contributed by atoms with Gasteiger partial charge in [0.15, 0.2) is 5.82 Å². The molecule has 2 heterocycles. The van der Waals surface area contributed by atoms with E-state index in [1.807, 2.05) is 54.6 Å². The lowest BCUT2D eigenvalue weighted by Crippen LogP contribution is -2.31. The average Bonchev–Trinajstić information content (AvgIpc) is 3.31. The zero-order chi connectivity index (χ0) is 28.5. The van der Waals surface area contributed by atoms with Crippen LogP contribution in [0.2, 0.25) is 0 Å². The van der Waals surface area contributed by atoms with E-state index in [0.29, 0.717) is 38.6 Å². The molecule has 0 radical (unpaired) electrons. The number of furan rings is 1. The second kappa shape index (κ2) is 7.78. The topological polar surface area (TPSA) is 40.8 Å². The summed E-state index contributed by atoms with van der Waals surface area (Å²) in [6.45, 7) is -1.16. The Labute approximate surface area is 209 Å². The van der Waals surface area contributed by atoms with E-state index in [1.165, 1.54) is 7.05 Å². The molecule has 0 fully saturated rings. The van der Waals surface area contributed by atoms with Gasteiger partial charge < -0.3 is 4.42 Å². The summed E-state index contributed by atoms with van der Waals surface area (Å²) in [5.74, 6) is -1.25. The van der Waals surface area contributed by atoms with E-state index in [-0.39, 0.29) is 5.69 Å². The molecule has 0 saturated carbocycles. The highest BCUT2D eigenvalue weighted by atomic mass is 19.1. The van der Waals surface area contributed by atoms with Crippen molar-refractivity contribution in [3.63, 3.8) is 0 Å². The molecule has 0 amide bonds. The second-order valence-corrected chi connectivity index (χ2v) is 8.61. The van der Waals surface area contributed by atoms with Gasteiger partial charge in [0.05, 0.1) is 18.6 Å². The van der Waals surface area contributed by atoms with Crippen LogP contribution in [0.5, 0.6) is 0 Å². The van der Waals surface area contributed by atoms with Gasteiger partial charge in [-0.05, 0) is 59.4 Å². The highest BCUT2D eigenvalue weighted by Crippen LogP contribution is 2.42. The summed E-state index contributed by atoms with van der Waals surface area (Å²) in [4.78, 5) is 0. The van der Waals surface area contributed by atoms with Gasteiger partial charge in [-0.3, -0.25) is 0 Å².